The van der Waals surface area contributed by atoms with Crippen molar-refractivity contribution in [2.75, 3.05) is 11.9 Å². The molecule has 0 spiro atoms. The van der Waals surface area contributed by atoms with Crippen LogP contribution in [0.25, 0.3) is 17.0 Å². The Morgan fingerprint density at radius 3 is 2.07 bits per heavy atom. The van der Waals surface area contributed by atoms with Gasteiger partial charge in [-0.3, -0.25) is 9.89 Å². The lowest BCUT2D eigenvalue weighted by Crippen LogP contribution is -2.13. The number of amides is 1. The van der Waals surface area contributed by atoms with Crippen molar-refractivity contribution in [1.29, 1.82) is 0 Å². The average Bonchev–Trinajstić information content (AvgIpc) is 3.59. The molecule has 0 bridgehead atoms. The van der Waals surface area contributed by atoms with Crippen molar-refractivity contribution in [3.8, 4) is 11.4 Å². The van der Waals surface area contributed by atoms with E-state index in [1.807, 2.05) is 18.2 Å². The van der Waals surface area contributed by atoms with Gasteiger partial charge >= 0.3 is 5.97 Å². The number of hydrogen-bond acceptors (Lipinski definition) is 5. The summed E-state index contributed by atoms with van der Waals surface area (Å²) < 4.78 is 7.03. The van der Waals surface area contributed by atoms with Crippen LogP contribution in [0, 0.1) is 0 Å². The summed E-state index contributed by atoms with van der Waals surface area (Å²) in [6.45, 7) is 8.87. The summed E-state index contributed by atoms with van der Waals surface area (Å²) in [6, 6.07) is 13.8. The lowest BCUT2D eigenvalue weighted by Gasteiger charge is -2.16. The van der Waals surface area contributed by atoms with Crippen molar-refractivity contribution < 1.29 is 14.3 Å². The average molecular weight is 634 g/mol. The van der Waals surface area contributed by atoms with Crippen molar-refractivity contribution in [2.45, 2.75) is 110 Å². The number of anilines is 1. The summed E-state index contributed by atoms with van der Waals surface area (Å²) in [4.78, 5) is 30.0. The third-order valence-corrected chi connectivity index (χ3v) is 8.34. The van der Waals surface area contributed by atoms with Gasteiger partial charge in [0.1, 0.15) is 5.02 Å². The minimum absolute atomic E-state index is 0.172. The third kappa shape index (κ3) is 9.92. The number of esters is 1. The van der Waals surface area contributed by atoms with E-state index in [0.717, 1.165) is 24.1 Å². The second kappa shape index (κ2) is 16.6. The number of halogens is 1. The molecule has 2 heterocycles. The van der Waals surface area contributed by atoms with Gasteiger partial charge in [-0.1, -0.05) is 122 Å². The highest BCUT2D eigenvalue weighted by Crippen LogP contribution is 2.32. The number of carbonyl (C=O) groups is 2. The number of ether oxygens (including phenoxy) is 1. The molecule has 0 aliphatic heterocycles. The Morgan fingerprint density at radius 2 is 1.47 bits per heavy atom. The molecule has 8 nitrogen and oxygen atoms in total. The number of unbranched alkanes of at least 4 members (excludes halogenated alkanes) is 11. The van der Waals surface area contributed by atoms with Crippen LogP contribution in [0.3, 0.4) is 0 Å². The first-order valence-corrected chi connectivity index (χ1v) is 16.9. The molecule has 0 unspecified atom stereocenters. The van der Waals surface area contributed by atoms with Gasteiger partial charge in [-0.05, 0) is 42.8 Å². The van der Waals surface area contributed by atoms with Crippen LogP contribution >= 0.6 is 11.6 Å². The number of nitrogens with one attached hydrogen (secondary N) is 2. The lowest BCUT2D eigenvalue weighted by atomic mass is 9.92. The summed E-state index contributed by atoms with van der Waals surface area (Å²) in [5.74, 6) is -0.159. The van der Waals surface area contributed by atoms with E-state index < -0.39 is 0 Å². The molecule has 0 saturated carbocycles. The summed E-state index contributed by atoms with van der Waals surface area (Å²) in [6.07, 6.45) is 15.2. The quantitative estimate of drug-likeness (QED) is 0.0890. The first-order valence-electron chi connectivity index (χ1n) is 16.5. The Kier molecular flexibility index (Phi) is 12.6. The lowest BCUT2D eigenvalue weighted by molar-refractivity contribution is 0.0497. The normalized spacial score (nSPS) is 11.7. The monoisotopic (exact) mass is 633 g/mol. The number of aromatic nitrogens is 4. The molecule has 0 aliphatic rings. The van der Waals surface area contributed by atoms with Crippen molar-refractivity contribution in [3.63, 3.8) is 0 Å². The summed E-state index contributed by atoms with van der Waals surface area (Å²) in [5, 5.41) is 11.2. The second-order valence-electron chi connectivity index (χ2n) is 12.9. The van der Waals surface area contributed by atoms with Crippen LogP contribution in [-0.2, 0) is 10.2 Å². The zero-order chi connectivity index (χ0) is 32.2. The standard InChI is InChI=1S/C36H48ClN5O3/c1-5-6-7-8-9-10-11-12-13-14-15-16-24-45-35(44)27-22-20-26(21-23-27)34(43)38-29-19-17-18-28(25-29)32-39-33-30(37)31(36(2,3)4)40-42(33)41-32/h17-23,25,40H,5-16,24H2,1-4H3,(H,38,43). The van der Waals surface area contributed by atoms with E-state index in [2.05, 4.69) is 48.2 Å². The van der Waals surface area contributed by atoms with Crippen LogP contribution in [0.15, 0.2) is 48.5 Å². The van der Waals surface area contributed by atoms with Gasteiger partial charge in [0, 0.05) is 22.2 Å². The minimum atomic E-state index is -0.365. The molecule has 4 aromatic rings. The van der Waals surface area contributed by atoms with Gasteiger partial charge in [0.05, 0.1) is 17.9 Å². The van der Waals surface area contributed by atoms with Crippen LogP contribution in [0.5, 0.6) is 0 Å². The summed E-state index contributed by atoms with van der Waals surface area (Å²) >= 11 is 6.57. The van der Waals surface area contributed by atoms with Crippen LogP contribution in [0.4, 0.5) is 5.69 Å². The van der Waals surface area contributed by atoms with Gasteiger partial charge in [-0.2, -0.15) is 4.63 Å². The zero-order valence-corrected chi connectivity index (χ0v) is 28.0. The van der Waals surface area contributed by atoms with Gasteiger partial charge in [0.2, 0.25) is 0 Å². The minimum Gasteiger partial charge on any atom is -0.462 e. The first-order chi connectivity index (χ1) is 21.7. The molecule has 0 fully saturated rings. The molecule has 242 valence electrons. The number of rotatable bonds is 17. The van der Waals surface area contributed by atoms with Crippen LogP contribution in [0.2, 0.25) is 5.02 Å². The molecule has 9 heteroatoms. The number of fused-ring (bicyclic) bond motifs is 1. The molecule has 2 N–H and O–H groups in total. The Morgan fingerprint density at radius 1 is 0.867 bits per heavy atom. The van der Waals surface area contributed by atoms with Crippen molar-refractivity contribution in [1.82, 2.24) is 19.8 Å². The molecular weight excluding hydrogens is 586 g/mol. The molecular formula is C36H48ClN5O3. The van der Waals surface area contributed by atoms with Gasteiger partial charge in [0.15, 0.2) is 11.5 Å². The Hall–Kier alpha value is -3.65. The summed E-state index contributed by atoms with van der Waals surface area (Å²) in [7, 11) is 0. The molecule has 0 radical (unpaired) electrons. The predicted molar refractivity (Wildman–Crippen MR) is 182 cm³/mol. The van der Waals surface area contributed by atoms with Crippen molar-refractivity contribution in [2.24, 2.45) is 0 Å². The van der Waals surface area contributed by atoms with Crippen LogP contribution in [0.1, 0.15) is 131 Å². The van der Waals surface area contributed by atoms with E-state index in [9.17, 15) is 9.59 Å². The highest BCUT2D eigenvalue weighted by molar-refractivity contribution is 6.34. The molecule has 0 saturated heterocycles. The van der Waals surface area contributed by atoms with Crippen LogP contribution in [-0.4, -0.2) is 38.3 Å². The fourth-order valence-electron chi connectivity index (χ4n) is 5.31. The largest absolute Gasteiger partial charge is 0.462 e. The molecule has 0 atom stereocenters. The fourth-order valence-corrected chi connectivity index (χ4v) is 5.75. The molecule has 4 rings (SSSR count). The second-order valence-corrected chi connectivity index (χ2v) is 13.2. The molecule has 0 aliphatic carbocycles. The van der Waals surface area contributed by atoms with E-state index >= 15 is 0 Å². The molecule has 2 aromatic heterocycles. The molecule has 2 aromatic carbocycles. The third-order valence-electron chi connectivity index (χ3n) is 7.98. The van der Waals surface area contributed by atoms with E-state index in [0.29, 0.717) is 39.9 Å². The fraction of sp³-hybridized carbons (Fsp3) is 0.500. The van der Waals surface area contributed by atoms with E-state index in [4.69, 9.17) is 16.3 Å². The Balaban J connectivity index is 1.19. The molecule has 1 amide bonds. The van der Waals surface area contributed by atoms with Gasteiger partial charge in [0.25, 0.3) is 5.91 Å². The number of benzene rings is 2. The number of carbonyl (C=O) groups excluding carboxylic acids is 2. The van der Waals surface area contributed by atoms with Gasteiger partial charge in [-0.25, -0.2) is 9.78 Å². The maximum Gasteiger partial charge on any atom is 0.338 e. The van der Waals surface area contributed by atoms with Crippen molar-refractivity contribution >= 4 is 34.8 Å². The molecule has 45 heavy (non-hydrogen) atoms. The van der Waals surface area contributed by atoms with E-state index in [1.54, 1.807) is 35.0 Å². The zero-order valence-electron chi connectivity index (χ0n) is 27.3. The maximum atomic E-state index is 12.9. The van der Waals surface area contributed by atoms with Crippen LogP contribution < -0.4 is 5.32 Å². The smallest absolute Gasteiger partial charge is 0.338 e. The maximum absolute atomic E-state index is 12.9. The number of H-pyrrole nitrogens is 1. The Bertz CT molecular complexity index is 1530. The highest BCUT2D eigenvalue weighted by Gasteiger charge is 2.24. The SMILES string of the molecule is CCCCCCCCCCCCCCOC(=O)c1ccc(C(=O)Nc2cccc(-c3nc4c(Cl)c(C(C)(C)C)[nH]n4n3)c2)cc1. The topological polar surface area (TPSA) is 101 Å². The van der Waals surface area contributed by atoms with Gasteiger partial charge in [-0.15, -0.1) is 5.10 Å². The van der Waals surface area contributed by atoms with Gasteiger partial charge < -0.3 is 10.1 Å². The Labute approximate surface area is 272 Å². The predicted octanol–water partition coefficient (Wildman–Crippen LogP) is 9.79. The number of hydrogen-bond donors (Lipinski definition) is 2. The number of aromatic amines is 1. The first kappa shape index (κ1) is 34.2. The summed E-state index contributed by atoms with van der Waals surface area (Å²) in [5.41, 5.74) is 3.46. The highest BCUT2D eigenvalue weighted by atomic mass is 35.5. The van der Waals surface area contributed by atoms with E-state index in [-0.39, 0.29) is 17.3 Å². The number of nitrogens with zero attached hydrogens (tertiary/aromatic N) is 3. The van der Waals surface area contributed by atoms with E-state index in [1.165, 1.54) is 64.2 Å². The van der Waals surface area contributed by atoms with Crippen molar-refractivity contribution in [3.05, 3.63) is 70.4 Å².